The lowest BCUT2D eigenvalue weighted by atomic mass is 10.1. The lowest BCUT2D eigenvalue weighted by molar-refractivity contribution is -0.137. The molecule has 0 aliphatic heterocycles. The van der Waals surface area contributed by atoms with Crippen molar-refractivity contribution in [1.29, 1.82) is 4.78 Å². The normalized spacial score (nSPS) is 11.1. The van der Waals surface area contributed by atoms with Gasteiger partial charge in [-0.25, -0.2) is 18.6 Å². The molecule has 9 nitrogen and oxygen atoms in total. The zero-order valence-corrected chi connectivity index (χ0v) is 22.0. The van der Waals surface area contributed by atoms with E-state index >= 15 is 0 Å². The first-order valence-electron chi connectivity index (χ1n) is 11.7. The zero-order valence-electron chi connectivity index (χ0n) is 21.1. The van der Waals surface area contributed by atoms with Crippen molar-refractivity contribution in [2.75, 3.05) is 27.8 Å². The molecule has 0 aliphatic rings. The number of halogens is 5. The van der Waals surface area contributed by atoms with E-state index in [1.165, 1.54) is 30.5 Å². The van der Waals surface area contributed by atoms with E-state index in [0.29, 0.717) is 29.4 Å². The maximum atomic E-state index is 15.0. The first-order valence-corrected chi connectivity index (χ1v) is 12.9. The second kappa shape index (κ2) is 12.5. The van der Waals surface area contributed by atoms with Gasteiger partial charge in [-0.3, -0.25) is 0 Å². The highest BCUT2D eigenvalue weighted by molar-refractivity contribution is 7.73. The van der Waals surface area contributed by atoms with E-state index in [4.69, 9.17) is 11.2 Å². The summed E-state index contributed by atoms with van der Waals surface area (Å²) in [6.07, 6.45) is 1.97. The van der Waals surface area contributed by atoms with Gasteiger partial charge in [-0.05, 0) is 42.0 Å². The molecule has 3 aromatic carbocycles. The molecule has 5 N–H and O–H groups in total. The molecular formula is C27H19F5N7O2S-. The maximum Gasteiger partial charge on any atom is 0.416 e. The van der Waals surface area contributed by atoms with Crippen LogP contribution in [0.2, 0.25) is 0 Å². The molecule has 4 rings (SSSR count). The maximum absolute atomic E-state index is 15.0. The monoisotopic (exact) mass is 600 g/mol. The van der Waals surface area contributed by atoms with Crippen LogP contribution < -0.4 is 21.3 Å². The summed E-state index contributed by atoms with van der Waals surface area (Å²) in [6, 6.07) is 10.3. The number of terminal acetylenes is 1. The van der Waals surface area contributed by atoms with Crippen LogP contribution in [0.1, 0.15) is 5.56 Å². The average Bonchev–Trinajstić information content (AvgIpc) is 2.94. The van der Waals surface area contributed by atoms with Gasteiger partial charge in [0.05, 0.1) is 23.5 Å². The number of nitrogens with zero attached hydrogens (tertiary/aromatic N) is 2. The third kappa shape index (κ3) is 7.29. The van der Waals surface area contributed by atoms with E-state index in [1.54, 1.807) is 12.1 Å². The van der Waals surface area contributed by atoms with Gasteiger partial charge in [0.2, 0.25) is 5.95 Å². The average molecular weight is 601 g/mol. The van der Waals surface area contributed by atoms with Crippen LogP contribution in [0.15, 0.2) is 71.8 Å². The van der Waals surface area contributed by atoms with Crippen LogP contribution in [0.3, 0.4) is 0 Å². The number of alkyl halides is 3. The lowest BCUT2D eigenvalue weighted by Gasteiger charge is -2.14. The van der Waals surface area contributed by atoms with Crippen LogP contribution in [0, 0.1) is 28.8 Å². The van der Waals surface area contributed by atoms with Crippen LogP contribution >= 0.6 is 0 Å². The highest BCUT2D eigenvalue weighted by atomic mass is 32.2. The number of amides is 2. The molecule has 15 heteroatoms. The third-order valence-electron chi connectivity index (χ3n) is 5.52. The van der Waals surface area contributed by atoms with Gasteiger partial charge in [-0.1, -0.05) is 35.1 Å². The van der Waals surface area contributed by atoms with E-state index < -0.39 is 45.7 Å². The third-order valence-corrected chi connectivity index (χ3v) is 6.20. The Labute approximate surface area is 237 Å². The highest BCUT2D eigenvalue weighted by Crippen LogP contribution is 2.33. The SMILES string of the molecule is C#CCNc1nc(Nc2cccc([S-](=N)=O)c2)ncc1-c1ccc(NC(=O)Nc2cc(C(F)(F)F)ccc2F)c(F)c1. The van der Waals surface area contributed by atoms with Gasteiger partial charge in [0.1, 0.15) is 17.5 Å². The quantitative estimate of drug-likeness (QED) is 0.0844. The van der Waals surface area contributed by atoms with Crippen molar-refractivity contribution >= 4 is 45.5 Å². The summed E-state index contributed by atoms with van der Waals surface area (Å²) in [6.45, 7) is 0.0607. The molecule has 216 valence electrons. The van der Waals surface area contributed by atoms with Gasteiger partial charge in [0.15, 0.2) is 0 Å². The topological polar surface area (TPSA) is 132 Å². The van der Waals surface area contributed by atoms with Crippen LogP contribution in [0.5, 0.6) is 0 Å². The number of hydrogen-bond donors (Lipinski definition) is 5. The van der Waals surface area contributed by atoms with Crippen molar-refractivity contribution in [2.24, 2.45) is 0 Å². The molecule has 1 heterocycles. The van der Waals surface area contributed by atoms with E-state index in [-0.39, 0.29) is 34.5 Å². The second-order valence-corrected chi connectivity index (χ2v) is 9.41. The van der Waals surface area contributed by atoms with E-state index in [9.17, 15) is 31.0 Å². The summed E-state index contributed by atoms with van der Waals surface area (Å²) in [4.78, 5) is 21.2. The molecule has 0 radical (unpaired) electrons. The summed E-state index contributed by atoms with van der Waals surface area (Å²) in [7, 11) is -1.95. The molecule has 0 saturated heterocycles. The smallest absolute Gasteiger partial charge is 0.416 e. The molecule has 0 saturated carbocycles. The number of anilines is 5. The van der Waals surface area contributed by atoms with E-state index in [2.05, 4.69) is 31.8 Å². The molecule has 0 fully saturated rings. The van der Waals surface area contributed by atoms with Crippen LogP contribution in [-0.4, -0.2) is 22.5 Å². The standard InChI is InChI=1S/C27H19F5N7O2S/c1-2-10-34-24-19(14-35-25(39-24)36-17-4-3-5-18(13-17)42(33)41)15-6-9-22(21(29)11-15)37-26(40)38-23-12-16(27(30,31)32)7-8-20(23)28/h1,3-9,11-14,33H,10H2,(H2,37,38,40)(H2,34,35,36,39)/q-1. The number of nitrogens with one attached hydrogen (secondary N) is 5. The van der Waals surface area contributed by atoms with E-state index in [0.717, 1.165) is 6.07 Å². The molecular weight excluding hydrogens is 581 g/mol. The minimum absolute atomic E-state index is 0.0607. The fourth-order valence-electron chi connectivity index (χ4n) is 3.60. The first-order chi connectivity index (χ1) is 19.9. The lowest BCUT2D eigenvalue weighted by Crippen LogP contribution is -2.21. The molecule has 0 spiro atoms. The Bertz CT molecular complexity index is 1760. The molecule has 0 aliphatic carbocycles. The number of aromatic nitrogens is 2. The fraction of sp³-hybridized carbons (Fsp3) is 0.0741. The van der Waals surface area contributed by atoms with Crippen molar-refractivity contribution in [3.05, 3.63) is 84.1 Å². The Kier molecular flexibility index (Phi) is 8.87. The van der Waals surface area contributed by atoms with Gasteiger partial charge >= 0.3 is 12.2 Å². The van der Waals surface area contributed by atoms with Gasteiger partial charge in [0, 0.05) is 17.4 Å². The predicted molar refractivity (Wildman–Crippen MR) is 148 cm³/mol. The second-order valence-electron chi connectivity index (χ2n) is 8.40. The molecule has 0 unspecified atom stereocenters. The van der Waals surface area contributed by atoms with Crippen molar-refractivity contribution in [3.63, 3.8) is 0 Å². The number of hydrogen-bond acceptors (Lipinski definition) is 8. The van der Waals surface area contributed by atoms with Gasteiger partial charge in [-0.2, -0.15) is 28.8 Å². The number of urea groups is 1. The van der Waals surface area contributed by atoms with Crippen molar-refractivity contribution in [1.82, 2.24) is 9.97 Å². The Morgan fingerprint density at radius 3 is 2.45 bits per heavy atom. The number of rotatable bonds is 8. The van der Waals surface area contributed by atoms with E-state index in [1.807, 2.05) is 5.32 Å². The summed E-state index contributed by atoms with van der Waals surface area (Å²) in [5.74, 6) is 0.705. The Morgan fingerprint density at radius 1 is 1.00 bits per heavy atom. The Morgan fingerprint density at radius 2 is 1.76 bits per heavy atom. The highest BCUT2D eigenvalue weighted by Gasteiger charge is 2.31. The van der Waals surface area contributed by atoms with Crippen LogP contribution in [0.4, 0.5) is 55.6 Å². The Balaban J connectivity index is 1.55. The van der Waals surface area contributed by atoms with Crippen molar-refractivity contribution in [3.8, 4) is 23.5 Å². The molecule has 4 aromatic rings. The predicted octanol–water partition coefficient (Wildman–Crippen LogP) is 6.96. The summed E-state index contributed by atoms with van der Waals surface area (Å²) in [5, 5.41) is 9.90. The fourth-order valence-corrected chi connectivity index (χ4v) is 4.03. The molecule has 0 atom stereocenters. The Hall–Kier alpha value is -5.23. The van der Waals surface area contributed by atoms with Crippen LogP contribution in [0.25, 0.3) is 11.1 Å². The molecule has 0 bridgehead atoms. The van der Waals surface area contributed by atoms with Crippen LogP contribution in [-0.2, 0) is 21.0 Å². The van der Waals surface area contributed by atoms with Crippen molar-refractivity contribution in [2.45, 2.75) is 11.1 Å². The summed E-state index contributed by atoms with van der Waals surface area (Å²) >= 11 is 0. The summed E-state index contributed by atoms with van der Waals surface area (Å²) < 4.78 is 86.5. The molecule has 2 amide bonds. The van der Waals surface area contributed by atoms with Gasteiger partial charge in [-0.15, -0.1) is 6.42 Å². The molecule has 42 heavy (non-hydrogen) atoms. The minimum atomic E-state index is -4.76. The van der Waals surface area contributed by atoms with Gasteiger partial charge in [0.25, 0.3) is 0 Å². The number of carbonyl (C=O) groups is 1. The summed E-state index contributed by atoms with van der Waals surface area (Å²) in [5.41, 5.74) is -1.18. The largest absolute Gasteiger partial charge is 0.440 e. The van der Waals surface area contributed by atoms with Crippen molar-refractivity contribution < 1.29 is 31.0 Å². The number of carbonyl (C=O) groups excluding carboxylic acids is 1. The molecule has 1 aromatic heterocycles. The van der Waals surface area contributed by atoms with Gasteiger partial charge < -0.3 is 30.3 Å². The minimum Gasteiger partial charge on any atom is -0.440 e. The zero-order chi connectivity index (χ0) is 30.4. The number of benzene rings is 3. The first kappa shape index (κ1) is 29.7.